The molecule has 43 heavy (non-hydrogen) atoms. The Morgan fingerprint density at radius 1 is 1.19 bits per heavy atom. The number of carbonyl (C=O) groups excluding carboxylic acids is 3. The van der Waals surface area contributed by atoms with Gasteiger partial charge in [0.15, 0.2) is 5.60 Å². The second kappa shape index (κ2) is 10.9. The summed E-state index contributed by atoms with van der Waals surface area (Å²) in [7, 11) is 0. The second-order valence-corrected chi connectivity index (χ2v) is 14.7. The first-order valence-electron chi connectivity index (χ1n) is 15.1. The number of benzene rings is 1. The minimum Gasteiger partial charge on any atom is -0.449 e. The van der Waals surface area contributed by atoms with E-state index in [4.69, 9.17) is 4.74 Å². The number of aliphatic hydroxyl groups excluding tert-OH is 1. The molecule has 1 aromatic heterocycles. The van der Waals surface area contributed by atoms with Crippen LogP contribution < -0.4 is 0 Å². The van der Waals surface area contributed by atoms with Gasteiger partial charge in [0.25, 0.3) is 0 Å². The van der Waals surface area contributed by atoms with E-state index < -0.39 is 22.9 Å². The molecule has 0 spiro atoms. The van der Waals surface area contributed by atoms with Crippen molar-refractivity contribution in [2.45, 2.75) is 77.4 Å². The summed E-state index contributed by atoms with van der Waals surface area (Å²) in [6, 6.07) is 4.51. The quantitative estimate of drug-likeness (QED) is 0.389. The molecule has 1 N–H and O–H groups in total. The summed E-state index contributed by atoms with van der Waals surface area (Å²) in [5.74, 6) is -0.603. The van der Waals surface area contributed by atoms with E-state index in [1.54, 1.807) is 36.2 Å². The molecule has 0 aliphatic heterocycles. The maximum atomic E-state index is 14.4. The number of nitrogens with zero attached hydrogens (tertiary/aromatic N) is 2. The number of rotatable bonds is 5. The summed E-state index contributed by atoms with van der Waals surface area (Å²) in [6.45, 7) is 6.06. The lowest BCUT2D eigenvalue weighted by Crippen LogP contribution is -2.62. The summed E-state index contributed by atoms with van der Waals surface area (Å²) in [6.07, 6.45) is 11.0. The summed E-state index contributed by atoms with van der Waals surface area (Å²) >= 11 is 2.09. The number of aromatic nitrogens is 2. The predicted octanol–water partition coefficient (Wildman–Crippen LogP) is 6.25. The van der Waals surface area contributed by atoms with Crippen LogP contribution in [0, 0.1) is 34.4 Å². The molecule has 2 aromatic rings. The lowest BCUT2D eigenvalue weighted by atomic mass is 9.45. The molecule has 4 aliphatic carbocycles. The number of esters is 1. The molecule has 6 rings (SSSR count). The highest BCUT2D eigenvalue weighted by Crippen LogP contribution is 2.68. The fraction of sp³-hybridized carbons (Fsp3) is 0.576. The fourth-order valence-electron chi connectivity index (χ4n) is 9.27. The van der Waals surface area contributed by atoms with Crippen LogP contribution in [0.5, 0.6) is 0 Å². The average Bonchev–Trinajstić information content (AvgIpc) is 3.52. The predicted molar refractivity (Wildman–Crippen MR) is 166 cm³/mol. The molecule has 10 heteroatoms. The Morgan fingerprint density at radius 2 is 1.95 bits per heavy atom. The zero-order valence-electron chi connectivity index (χ0n) is 25.3. The number of ether oxygens (including phenoxy) is 1. The molecule has 0 radical (unpaired) electrons. The van der Waals surface area contributed by atoms with Crippen molar-refractivity contribution in [3.8, 4) is 5.69 Å². The SMILES string of the molecule is CCC(=O)O[C@]1(C(=O)SC)CC[C@H]2[C@@H]3CCC4=Cc5c(cnn5-c5ccc(F)c(C(=O)SC)c5)C[C@]4(C)[C@H]3[C@@H](O)CC21C. The minimum atomic E-state index is -1.22. The van der Waals surface area contributed by atoms with E-state index in [0.717, 1.165) is 54.0 Å². The van der Waals surface area contributed by atoms with Crippen molar-refractivity contribution in [3.63, 3.8) is 0 Å². The number of halogens is 1. The standard InChI is InChI=1S/C33H39FN2O5S2/c1-6-27(38)41-33(30(40)43-5)12-11-23-21-9-7-19-13-25-18(15-31(19,2)28(21)26(37)16-32(23,33)3)17-35-36(25)20-8-10-24(34)22(14-20)29(39)42-4/h8,10,13-14,17,21,23,26,28,37H,6-7,9,11-12,15-16H2,1-5H3/t21-,23-,26-,28+,31-,32?,33-/m0/s1. The van der Waals surface area contributed by atoms with Crippen LogP contribution in [0.4, 0.5) is 4.39 Å². The molecule has 0 saturated heterocycles. The highest BCUT2D eigenvalue weighted by Gasteiger charge is 2.70. The van der Waals surface area contributed by atoms with Gasteiger partial charge in [-0.2, -0.15) is 5.10 Å². The molecule has 3 saturated carbocycles. The molecular weight excluding hydrogens is 588 g/mol. The lowest BCUT2D eigenvalue weighted by molar-refractivity contribution is -0.196. The van der Waals surface area contributed by atoms with E-state index in [9.17, 15) is 23.9 Å². The summed E-state index contributed by atoms with van der Waals surface area (Å²) in [5, 5.41) is 16.2. The summed E-state index contributed by atoms with van der Waals surface area (Å²) < 4.78 is 22.3. The lowest BCUT2D eigenvalue weighted by Gasteiger charge is -2.60. The number of hydrogen-bond donors (Lipinski definition) is 1. The van der Waals surface area contributed by atoms with Crippen molar-refractivity contribution >= 4 is 45.8 Å². The molecule has 1 aromatic carbocycles. The Morgan fingerprint density at radius 3 is 2.65 bits per heavy atom. The van der Waals surface area contributed by atoms with Gasteiger partial charge in [0, 0.05) is 11.8 Å². The number of fused-ring (bicyclic) bond motifs is 6. The van der Waals surface area contributed by atoms with E-state index in [1.807, 2.05) is 6.20 Å². The number of allylic oxidation sites excluding steroid dienone is 1. The monoisotopic (exact) mass is 626 g/mol. The topological polar surface area (TPSA) is 98.5 Å². The van der Waals surface area contributed by atoms with Gasteiger partial charge in [-0.3, -0.25) is 14.4 Å². The fourth-order valence-corrected chi connectivity index (χ4v) is 10.3. The normalized spacial score (nSPS) is 34.3. The van der Waals surface area contributed by atoms with Crippen LogP contribution in [0.2, 0.25) is 0 Å². The number of carbonyl (C=O) groups is 3. The van der Waals surface area contributed by atoms with Crippen LogP contribution in [-0.2, 0) is 20.7 Å². The second-order valence-electron chi connectivity index (χ2n) is 13.1. The zero-order valence-corrected chi connectivity index (χ0v) is 26.9. The van der Waals surface area contributed by atoms with Crippen molar-refractivity contribution in [1.82, 2.24) is 9.78 Å². The molecular formula is C33H39FN2O5S2. The number of aliphatic hydroxyl groups is 1. The Balaban J connectivity index is 1.35. The highest BCUT2D eigenvalue weighted by atomic mass is 32.2. The molecule has 7 nitrogen and oxygen atoms in total. The van der Waals surface area contributed by atoms with Crippen LogP contribution in [0.1, 0.15) is 80.9 Å². The molecule has 0 amide bonds. The summed E-state index contributed by atoms with van der Waals surface area (Å²) in [4.78, 5) is 38.4. The largest absolute Gasteiger partial charge is 0.449 e. The van der Waals surface area contributed by atoms with Crippen LogP contribution >= 0.6 is 23.5 Å². The Labute approximate surface area is 260 Å². The highest BCUT2D eigenvalue weighted by molar-refractivity contribution is 8.13. The third-order valence-corrected chi connectivity index (χ3v) is 12.5. The first kappa shape index (κ1) is 30.6. The van der Waals surface area contributed by atoms with Crippen LogP contribution in [0.3, 0.4) is 0 Å². The molecule has 4 aliphatic rings. The van der Waals surface area contributed by atoms with Gasteiger partial charge in [-0.05, 0) is 104 Å². The molecule has 230 valence electrons. The molecule has 1 unspecified atom stereocenters. The number of thioether (sulfide) groups is 2. The van der Waals surface area contributed by atoms with Crippen molar-refractivity contribution < 1.29 is 28.6 Å². The van der Waals surface area contributed by atoms with Gasteiger partial charge in [-0.1, -0.05) is 49.9 Å². The Bertz CT molecular complexity index is 1540. The average molecular weight is 627 g/mol. The molecule has 1 heterocycles. The van der Waals surface area contributed by atoms with Crippen molar-refractivity contribution in [3.05, 3.63) is 52.6 Å². The third kappa shape index (κ3) is 4.41. The van der Waals surface area contributed by atoms with Gasteiger partial charge < -0.3 is 9.84 Å². The van der Waals surface area contributed by atoms with E-state index in [2.05, 4.69) is 25.0 Å². The van der Waals surface area contributed by atoms with Gasteiger partial charge in [0.2, 0.25) is 10.2 Å². The van der Waals surface area contributed by atoms with Gasteiger partial charge in [-0.25, -0.2) is 9.07 Å². The van der Waals surface area contributed by atoms with E-state index in [0.29, 0.717) is 24.9 Å². The smallest absolute Gasteiger partial charge is 0.306 e. The van der Waals surface area contributed by atoms with Crippen molar-refractivity contribution in [2.24, 2.45) is 28.6 Å². The van der Waals surface area contributed by atoms with Gasteiger partial charge >= 0.3 is 5.97 Å². The van der Waals surface area contributed by atoms with Crippen LogP contribution in [-0.4, -0.2) is 55.3 Å². The van der Waals surface area contributed by atoms with Crippen LogP contribution in [0.15, 0.2) is 30.0 Å². The molecule has 0 bridgehead atoms. The van der Waals surface area contributed by atoms with E-state index in [-0.39, 0.29) is 51.4 Å². The van der Waals surface area contributed by atoms with E-state index in [1.165, 1.54) is 11.6 Å². The first-order chi connectivity index (χ1) is 20.4. The van der Waals surface area contributed by atoms with Crippen LogP contribution in [0.25, 0.3) is 11.8 Å². The van der Waals surface area contributed by atoms with Gasteiger partial charge in [0.05, 0.1) is 29.2 Å². The van der Waals surface area contributed by atoms with Crippen molar-refractivity contribution in [1.29, 1.82) is 0 Å². The third-order valence-electron chi connectivity index (χ3n) is 11.2. The number of hydrogen-bond acceptors (Lipinski definition) is 8. The summed E-state index contributed by atoms with van der Waals surface area (Å²) in [5.41, 5.74) is 1.72. The zero-order chi connectivity index (χ0) is 30.9. The van der Waals surface area contributed by atoms with Crippen molar-refractivity contribution in [2.75, 3.05) is 12.5 Å². The molecule has 7 atom stereocenters. The van der Waals surface area contributed by atoms with Gasteiger partial charge in [-0.15, -0.1) is 0 Å². The van der Waals surface area contributed by atoms with Gasteiger partial charge in [0.1, 0.15) is 5.82 Å². The molecule has 3 fully saturated rings. The maximum Gasteiger partial charge on any atom is 0.306 e. The Kier molecular flexibility index (Phi) is 7.74. The first-order valence-corrected chi connectivity index (χ1v) is 17.5. The maximum absolute atomic E-state index is 14.4. The Hall–Kier alpha value is -2.43. The van der Waals surface area contributed by atoms with E-state index >= 15 is 0 Å². The minimum absolute atomic E-state index is 0.0132.